The first-order valence-corrected chi connectivity index (χ1v) is 7.49. The molecule has 9 heteroatoms. The zero-order valence-electron chi connectivity index (χ0n) is 13.4. The highest BCUT2D eigenvalue weighted by Crippen LogP contribution is 2.15. The van der Waals surface area contributed by atoms with Gasteiger partial charge < -0.3 is 15.2 Å². The third kappa shape index (κ3) is 5.14. The van der Waals surface area contributed by atoms with Gasteiger partial charge in [-0.05, 0) is 30.2 Å². The first-order chi connectivity index (χ1) is 11.0. The molecule has 0 aliphatic carbocycles. The van der Waals surface area contributed by atoms with Gasteiger partial charge in [-0.25, -0.2) is 13.8 Å². The van der Waals surface area contributed by atoms with E-state index in [1.54, 1.807) is 17.4 Å². The van der Waals surface area contributed by atoms with Crippen molar-refractivity contribution >= 4 is 30.7 Å². The third-order valence-electron chi connectivity index (χ3n) is 4.04. The van der Waals surface area contributed by atoms with E-state index < -0.39 is 17.7 Å². The molecule has 1 aliphatic heterocycles. The monoisotopic (exact) mass is 392 g/mol. The lowest BCUT2D eigenvalue weighted by Crippen LogP contribution is -2.41. The molecule has 3 rings (SSSR count). The number of imidazole rings is 1. The fourth-order valence-electron chi connectivity index (χ4n) is 2.80. The second kappa shape index (κ2) is 9.12. The standard InChI is InChI=1S/C16H18F2N4O.2ClH/c17-12-1-2-15(18)11(5-12)6-13(19)7-16(23)21-3-4-22-10-20-8-14(22)9-21;;/h1-2,5,8,10,13H,3-4,6-7,9,19H2;2*1H/t13-;;/m1../s1. The van der Waals surface area contributed by atoms with Gasteiger partial charge in [0, 0.05) is 31.7 Å². The van der Waals surface area contributed by atoms with Crippen molar-refractivity contribution < 1.29 is 13.6 Å². The summed E-state index contributed by atoms with van der Waals surface area (Å²) in [5, 5.41) is 0. The highest BCUT2D eigenvalue weighted by molar-refractivity contribution is 5.85. The summed E-state index contributed by atoms with van der Waals surface area (Å²) in [6.07, 6.45) is 3.71. The average molecular weight is 393 g/mol. The minimum absolute atomic E-state index is 0. The lowest BCUT2D eigenvalue weighted by molar-refractivity contribution is -0.133. The molecule has 1 aromatic heterocycles. The lowest BCUT2D eigenvalue weighted by Gasteiger charge is -2.29. The molecule has 1 aliphatic rings. The van der Waals surface area contributed by atoms with Gasteiger partial charge in [-0.3, -0.25) is 4.79 Å². The molecule has 1 atom stereocenters. The highest BCUT2D eigenvalue weighted by Gasteiger charge is 2.22. The normalized spacial score (nSPS) is 14.1. The van der Waals surface area contributed by atoms with E-state index in [1.807, 2.05) is 4.57 Å². The predicted molar refractivity (Wildman–Crippen MR) is 94.8 cm³/mol. The summed E-state index contributed by atoms with van der Waals surface area (Å²) < 4.78 is 28.8. The van der Waals surface area contributed by atoms with Crippen molar-refractivity contribution in [1.82, 2.24) is 14.5 Å². The van der Waals surface area contributed by atoms with Crippen LogP contribution in [0.3, 0.4) is 0 Å². The molecular weight excluding hydrogens is 373 g/mol. The molecule has 2 aromatic rings. The van der Waals surface area contributed by atoms with E-state index in [0.29, 0.717) is 19.6 Å². The van der Waals surface area contributed by atoms with Crippen molar-refractivity contribution in [2.75, 3.05) is 6.54 Å². The van der Waals surface area contributed by atoms with Gasteiger partial charge in [-0.1, -0.05) is 0 Å². The number of nitrogens with two attached hydrogens (primary N) is 1. The minimum atomic E-state index is -0.550. The maximum absolute atomic E-state index is 13.6. The maximum Gasteiger partial charge on any atom is 0.224 e. The summed E-state index contributed by atoms with van der Waals surface area (Å²) >= 11 is 0. The molecule has 1 aromatic carbocycles. The van der Waals surface area contributed by atoms with Crippen LogP contribution in [-0.4, -0.2) is 32.9 Å². The minimum Gasteiger partial charge on any atom is -0.335 e. The molecule has 0 fully saturated rings. The Morgan fingerprint density at radius 3 is 2.80 bits per heavy atom. The van der Waals surface area contributed by atoms with Crippen molar-refractivity contribution in [3.05, 3.63) is 53.6 Å². The molecule has 5 nitrogen and oxygen atoms in total. The van der Waals surface area contributed by atoms with E-state index in [9.17, 15) is 13.6 Å². The Hall–Kier alpha value is -1.70. The van der Waals surface area contributed by atoms with E-state index >= 15 is 0 Å². The van der Waals surface area contributed by atoms with E-state index in [1.165, 1.54) is 0 Å². The largest absolute Gasteiger partial charge is 0.335 e. The van der Waals surface area contributed by atoms with Gasteiger partial charge >= 0.3 is 0 Å². The summed E-state index contributed by atoms with van der Waals surface area (Å²) in [5.41, 5.74) is 7.13. The van der Waals surface area contributed by atoms with Crippen molar-refractivity contribution in [3.63, 3.8) is 0 Å². The molecule has 0 saturated heterocycles. The van der Waals surface area contributed by atoms with Gasteiger partial charge in [0.05, 0.1) is 18.6 Å². The van der Waals surface area contributed by atoms with E-state index in [4.69, 9.17) is 5.73 Å². The topological polar surface area (TPSA) is 64.2 Å². The van der Waals surface area contributed by atoms with Crippen LogP contribution < -0.4 is 5.73 Å². The molecule has 2 heterocycles. The molecule has 1 amide bonds. The van der Waals surface area contributed by atoms with Crippen molar-refractivity contribution in [2.45, 2.75) is 32.0 Å². The number of hydrogen-bond acceptors (Lipinski definition) is 3. The molecule has 2 N–H and O–H groups in total. The molecule has 0 radical (unpaired) electrons. The second-order valence-corrected chi connectivity index (χ2v) is 5.80. The summed E-state index contributed by atoms with van der Waals surface area (Å²) in [4.78, 5) is 18.1. The molecule has 0 bridgehead atoms. The second-order valence-electron chi connectivity index (χ2n) is 5.80. The molecule has 0 unspecified atom stereocenters. The summed E-state index contributed by atoms with van der Waals surface area (Å²) in [6, 6.07) is 2.71. The average Bonchev–Trinajstić information content (AvgIpc) is 2.98. The van der Waals surface area contributed by atoms with Crippen LogP contribution in [0.2, 0.25) is 0 Å². The Bertz CT molecular complexity index is 726. The quantitative estimate of drug-likeness (QED) is 0.867. The Kier molecular flexibility index (Phi) is 7.79. The van der Waals surface area contributed by atoms with Crippen LogP contribution in [0.5, 0.6) is 0 Å². The van der Waals surface area contributed by atoms with Crippen LogP contribution in [0.15, 0.2) is 30.7 Å². The summed E-state index contributed by atoms with van der Waals surface area (Å²) in [6.45, 7) is 1.80. The van der Waals surface area contributed by atoms with Crippen LogP contribution in [0.25, 0.3) is 0 Å². The number of carbonyl (C=O) groups is 1. The van der Waals surface area contributed by atoms with Crippen molar-refractivity contribution in [3.8, 4) is 0 Å². The number of carbonyl (C=O) groups excluding carboxylic acids is 1. The van der Waals surface area contributed by atoms with Gasteiger partial charge in [-0.2, -0.15) is 0 Å². The number of hydrogen-bond donors (Lipinski definition) is 1. The number of halogens is 4. The fraction of sp³-hybridized carbons (Fsp3) is 0.375. The first kappa shape index (κ1) is 21.3. The molecular formula is C16H20Cl2F2N4O. The predicted octanol–water partition coefficient (Wildman–Crippen LogP) is 2.31. The summed E-state index contributed by atoms with van der Waals surface area (Å²) in [5.74, 6) is -1.10. The van der Waals surface area contributed by atoms with Crippen LogP contribution in [0.4, 0.5) is 8.78 Å². The third-order valence-corrected chi connectivity index (χ3v) is 4.04. The zero-order chi connectivity index (χ0) is 16.4. The molecule has 138 valence electrons. The van der Waals surface area contributed by atoms with E-state index in [0.717, 1.165) is 23.9 Å². The van der Waals surface area contributed by atoms with Crippen molar-refractivity contribution in [1.29, 1.82) is 0 Å². The van der Waals surface area contributed by atoms with Gasteiger partial charge in [0.2, 0.25) is 5.91 Å². The lowest BCUT2D eigenvalue weighted by atomic mass is 10.0. The molecule has 25 heavy (non-hydrogen) atoms. The Labute approximate surface area is 157 Å². The van der Waals surface area contributed by atoms with Crippen LogP contribution in [0, 0.1) is 11.6 Å². The molecule has 0 spiro atoms. The van der Waals surface area contributed by atoms with Gasteiger partial charge in [0.1, 0.15) is 11.6 Å². The number of nitrogens with zero attached hydrogens (tertiary/aromatic N) is 3. The fourth-order valence-corrected chi connectivity index (χ4v) is 2.80. The number of rotatable bonds is 4. The van der Waals surface area contributed by atoms with Crippen LogP contribution >= 0.6 is 24.8 Å². The summed E-state index contributed by atoms with van der Waals surface area (Å²) in [7, 11) is 0. The SMILES string of the molecule is Cl.Cl.N[C@@H](CC(=O)N1CCn2cncc2C1)Cc1cc(F)ccc1F. The number of benzene rings is 1. The Balaban J connectivity index is 0.00000156. The smallest absolute Gasteiger partial charge is 0.224 e. The Morgan fingerprint density at radius 2 is 2.04 bits per heavy atom. The Morgan fingerprint density at radius 1 is 1.28 bits per heavy atom. The van der Waals surface area contributed by atoms with Gasteiger partial charge in [0.15, 0.2) is 0 Å². The molecule has 0 saturated carbocycles. The van der Waals surface area contributed by atoms with Gasteiger partial charge in [-0.15, -0.1) is 24.8 Å². The maximum atomic E-state index is 13.6. The van der Waals surface area contributed by atoms with Crippen LogP contribution in [0.1, 0.15) is 17.7 Å². The van der Waals surface area contributed by atoms with Crippen molar-refractivity contribution in [2.24, 2.45) is 5.73 Å². The van der Waals surface area contributed by atoms with E-state index in [-0.39, 0.29) is 49.1 Å². The number of fused-ring (bicyclic) bond motifs is 1. The zero-order valence-corrected chi connectivity index (χ0v) is 15.0. The highest BCUT2D eigenvalue weighted by atomic mass is 35.5. The van der Waals surface area contributed by atoms with Crippen LogP contribution in [-0.2, 0) is 24.3 Å². The first-order valence-electron chi connectivity index (χ1n) is 7.49. The van der Waals surface area contributed by atoms with E-state index in [2.05, 4.69) is 4.98 Å². The van der Waals surface area contributed by atoms with Gasteiger partial charge in [0.25, 0.3) is 0 Å². The number of aromatic nitrogens is 2. The number of amides is 1.